The molecule has 2 rings (SSSR count). The third-order valence-corrected chi connectivity index (χ3v) is 3.48. The number of aryl methyl sites for hydroxylation is 1. The van der Waals surface area contributed by atoms with E-state index in [0.717, 1.165) is 17.0 Å². The molecule has 0 unspecified atom stereocenters. The van der Waals surface area contributed by atoms with Gasteiger partial charge in [-0.3, -0.25) is 4.79 Å². The highest BCUT2D eigenvalue weighted by Gasteiger charge is 2.30. The first kappa shape index (κ1) is 15.4. The van der Waals surface area contributed by atoms with Crippen LogP contribution in [0.5, 0.6) is 11.5 Å². The lowest BCUT2D eigenvalue weighted by Gasteiger charge is -2.09. The van der Waals surface area contributed by atoms with E-state index >= 15 is 0 Å². The van der Waals surface area contributed by atoms with Crippen LogP contribution < -0.4 is 9.47 Å². The van der Waals surface area contributed by atoms with Gasteiger partial charge in [0.05, 0.1) is 4.88 Å². The van der Waals surface area contributed by atoms with Gasteiger partial charge in [0.15, 0.2) is 6.61 Å². The summed E-state index contributed by atoms with van der Waals surface area (Å²) in [5.41, 5.74) is 0. The van der Waals surface area contributed by atoms with E-state index in [2.05, 4.69) is 4.74 Å². The standard InChI is InChI=1S/C14H11F3O3S/c1-9-2-7-13(21-9)12(18)8-19-10-3-5-11(6-4-10)20-14(15,16)17/h2-7H,8H2,1H3. The monoisotopic (exact) mass is 316 g/mol. The molecule has 0 amide bonds. The fourth-order valence-electron chi connectivity index (χ4n) is 1.54. The Hall–Kier alpha value is -2.02. The molecule has 0 aliphatic carbocycles. The Bertz CT molecular complexity index is 617. The maximum Gasteiger partial charge on any atom is 0.573 e. The summed E-state index contributed by atoms with van der Waals surface area (Å²) in [6, 6.07) is 8.43. The van der Waals surface area contributed by atoms with Gasteiger partial charge in [-0.2, -0.15) is 0 Å². The van der Waals surface area contributed by atoms with E-state index in [1.165, 1.54) is 23.5 Å². The lowest BCUT2D eigenvalue weighted by Crippen LogP contribution is -2.17. The van der Waals surface area contributed by atoms with E-state index in [-0.39, 0.29) is 18.1 Å². The summed E-state index contributed by atoms with van der Waals surface area (Å²) in [4.78, 5) is 13.4. The lowest BCUT2D eigenvalue weighted by atomic mass is 10.3. The highest BCUT2D eigenvalue weighted by molar-refractivity contribution is 7.14. The summed E-state index contributed by atoms with van der Waals surface area (Å²) < 4.78 is 44.9. The fraction of sp³-hybridized carbons (Fsp3) is 0.214. The van der Waals surface area contributed by atoms with E-state index in [9.17, 15) is 18.0 Å². The number of ether oxygens (including phenoxy) is 2. The Kier molecular flexibility index (Phi) is 4.52. The molecule has 0 saturated heterocycles. The number of Topliss-reactive ketones (excluding diaryl/α,β-unsaturated/α-hetero) is 1. The van der Waals surface area contributed by atoms with Crippen molar-refractivity contribution in [3.8, 4) is 11.5 Å². The molecule has 0 spiro atoms. The number of carbonyl (C=O) groups excluding carboxylic acids is 1. The highest BCUT2D eigenvalue weighted by atomic mass is 32.1. The molecule has 0 atom stereocenters. The van der Waals surface area contributed by atoms with E-state index < -0.39 is 6.36 Å². The largest absolute Gasteiger partial charge is 0.573 e. The van der Waals surface area contributed by atoms with Gasteiger partial charge in [-0.1, -0.05) is 0 Å². The third-order valence-electron chi connectivity index (χ3n) is 2.44. The van der Waals surface area contributed by atoms with Crippen LogP contribution in [0.25, 0.3) is 0 Å². The Morgan fingerprint density at radius 3 is 2.24 bits per heavy atom. The molecule has 3 nitrogen and oxygen atoms in total. The van der Waals surface area contributed by atoms with Gasteiger partial charge in [0.1, 0.15) is 11.5 Å². The van der Waals surface area contributed by atoms with Gasteiger partial charge in [0.2, 0.25) is 5.78 Å². The van der Waals surface area contributed by atoms with Crippen LogP contribution in [0.3, 0.4) is 0 Å². The number of halogens is 3. The Balaban J connectivity index is 1.90. The van der Waals surface area contributed by atoms with Gasteiger partial charge in [0, 0.05) is 4.88 Å². The molecule has 0 N–H and O–H groups in total. The first-order valence-electron chi connectivity index (χ1n) is 5.92. The highest BCUT2D eigenvalue weighted by Crippen LogP contribution is 2.25. The van der Waals surface area contributed by atoms with Crippen LogP contribution in [0.1, 0.15) is 14.5 Å². The third kappa shape index (κ3) is 4.78. The van der Waals surface area contributed by atoms with Gasteiger partial charge >= 0.3 is 6.36 Å². The number of ketones is 1. The van der Waals surface area contributed by atoms with Crippen LogP contribution in [-0.4, -0.2) is 18.8 Å². The van der Waals surface area contributed by atoms with Crippen LogP contribution in [0.2, 0.25) is 0 Å². The van der Waals surface area contributed by atoms with Crippen molar-refractivity contribution in [1.82, 2.24) is 0 Å². The molecule has 2 aromatic rings. The molecule has 0 bridgehead atoms. The molecular weight excluding hydrogens is 305 g/mol. The molecule has 0 saturated carbocycles. The normalized spacial score (nSPS) is 11.2. The maximum absolute atomic E-state index is 12.0. The number of hydrogen-bond acceptors (Lipinski definition) is 4. The minimum absolute atomic E-state index is 0.167. The molecule has 0 radical (unpaired) electrons. The number of alkyl halides is 3. The van der Waals surface area contributed by atoms with Crippen molar-refractivity contribution < 1.29 is 27.4 Å². The second kappa shape index (κ2) is 6.17. The summed E-state index contributed by atoms with van der Waals surface area (Å²) >= 11 is 1.37. The second-order valence-corrected chi connectivity index (χ2v) is 5.43. The van der Waals surface area contributed by atoms with Crippen LogP contribution in [-0.2, 0) is 0 Å². The Morgan fingerprint density at radius 2 is 1.71 bits per heavy atom. The van der Waals surface area contributed by atoms with E-state index in [1.54, 1.807) is 6.07 Å². The molecule has 0 fully saturated rings. The van der Waals surface area contributed by atoms with Gasteiger partial charge in [-0.05, 0) is 43.3 Å². The number of hydrogen-bond donors (Lipinski definition) is 0. The Labute approximate surface area is 122 Å². The van der Waals surface area contributed by atoms with Crippen molar-refractivity contribution in [1.29, 1.82) is 0 Å². The van der Waals surface area contributed by atoms with Crippen LogP contribution in [0, 0.1) is 6.92 Å². The zero-order chi connectivity index (χ0) is 15.5. The van der Waals surface area contributed by atoms with Gasteiger partial charge in [-0.15, -0.1) is 24.5 Å². The summed E-state index contributed by atoms with van der Waals surface area (Å²) in [6.45, 7) is 1.72. The minimum atomic E-state index is -4.73. The minimum Gasteiger partial charge on any atom is -0.485 e. The molecule has 21 heavy (non-hydrogen) atoms. The predicted octanol–water partition coefficient (Wildman–Crippen LogP) is 4.22. The Morgan fingerprint density at radius 1 is 1.10 bits per heavy atom. The summed E-state index contributed by atoms with van der Waals surface area (Å²) in [7, 11) is 0. The lowest BCUT2D eigenvalue weighted by molar-refractivity contribution is -0.274. The van der Waals surface area contributed by atoms with Gasteiger partial charge in [-0.25, -0.2) is 0 Å². The van der Waals surface area contributed by atoms with Crippen molar-refractivity contribution in [3.05, 3.63) is 46.2 Å². The van der Waals surface area contributed by atoms with Crippen LogP contribution in [0.4, 0.5) is 13.2 Å². The SMILES string of the molecule is Cc1ccc(C(=O)COc2ccc(OC(F)(F)F)cc2)s1. The van der Waals surface area contributed by atoms with Gasteiger partial charge in [0.25, 0.3) is 0 Å². The average Bonchev–Trinajstić information content (AvgIpc) is 2.82. The van der Waals surface area contributed by atoms with Crippen molar-refractivity contribution in [2.24, 2.45) is 0 Å². The summed E-state index contributed by atoms with van der Waals surface area (Å²) in [5.74, 6) is -0.218. The topological polar surface area (TPSA) is 35.5 Å². The molecule has 1 aromatic carbocycles. The van der Waals surface area contributed by atoms with Crippen molar-refractivity contribution in [2.75, 3.05) is 6.61 Å². The zero-order valence-electron chi connectivity index (χ0n) is 10.9. The van der Waals surface area contributed by atoms with Crippen molar-refractivity contribution in [3.63, 3.8) is 0 Å². The molecule has 1 aromatic heterocycles. The number of benzene rings is 1. The van der Waals surface area contributed by atoms with Crippen LogP contribution in [0.15, 0.2) is 36.4 Å². The molecule has 0 aliphatic rings. The van der Waals surface area contributed by atoms with Crippen LogP contribution >= 0.6 is 11.3 Å². The number of rotatable bonds is 5. The van der Waals surface area contributed by atoms with Crippen molar-refractivity contribution in [2.45, 2.75) is 13.3 Å². The molecule has 112 valence electrons. The summed E-state index contributed by atoms with van der Waals surface area (Å²) in [6.07, 6.45) is -4.73. The second-order valence-electron chi connectivity index (χ2n) is 4.14. The van der Waals surface area contributed by atoms with Crippen molar-refractivity contribution >= 4 is 17.1 Å². The quantitative estimate of drug-likeness (QED) is 0.775. The van der Waals surface area contributed by atoms with Gasteiger partial charge < -0.3 is 9.47 Å². The van der Waals surface area contributed by atoms with E-state index in [4.69, 9.17) is 4.74 Å². The molecule has 1 heterocycles. The molecular formula is C14H11F3O3S. The maximum atomic E-state index is 12.0. The first-order chi connectivity index (χ1) is 9.83. The molecule has 7 heteroatoms. The molecule has 0 aliphatic heterocycles. The predicted molar refractivity (Wildman–Crippen MR) is 72.0 cm³/mol. The fourth-order valence-corrected chi connectivity index (χ4v) is 2.33. The zero-order valence-corrected chi connectivity index (χ0v) is 11.8. The first-order valence-corrected chi connectivity index (χ1v) is 6.73. The summed E-state index contributed by atoms with van der Waals surface area (Å²) in [5, 5.41) is 0. The smallest absolute Gasteiger partial charge is 0.485 e. The number of carbonyl (C=O) groups is 1. The number of thiophene rings is 1. The average molecular weight is 316 g/mol. The van der Waals surface area contributed by atoms with E-state index in [0.29, 0.717) is 10.6 Å². The van der Waals surface area contributed by atoms with E-state index in [1.807, 2.05) is 13.0 Å².